The smallest absolute Gasteiger partial charge is 0.184 e. The molecule has 0 N–H and O–H groups in total. The van der Waals surface area contributed by atoms with Crippen molar-refractivity contribution in [1.82, 2.24) is 0 Å². The Morgan fingerprint density at radius 1 is 1.33 bits per heavy atom. The summed E-state index contributed by atoms with van der Waals surface area (Å²) in [5.74, 6) is 0. The van der Waals surface area contributed by atoms with E-state index in [0.717, 1.165) is 0 Å². The third kappa shape index (κ3) is 3.07. The number of hydrogen-bond acceptors (Lipinski definition) is 0. The van der Waals surface area contributed by atoms with Gasteiger partial charge in [-0.15, -0.1) is 0 Å². The molecule has 0 saturated carbocycles. The Hall–Kier alpha value is 0.251. The summed E-state index contributed by atoms with van der Waals surface area (Å²) in [5, 5.41) is 1.32. The predicted molar refractivity (Wildman–Crippen MR) is 36.4 cm³/mol. The van der Waals surface area contributed by atoms with E-state index in [2.05, 4.69) is 15.4 Å². The SMILES string of the molecule is [Li+].[Si]=[Si]c1cc[c-]cc1. The van der Waals surface area contributed by atoms with Gasteiger partial charge in [0.15, 0.2) is 0 Å². The molecule has 0 aromatic heterocycles. The minimum Gasteiger partial charge on any atom is -0.184 e. The van der Waals surface area contributed by atoms with Gasteiger partial charge in [-0.25, -0.2) is 0 Å². The van der Waals surface area contributed by atoms with Crippen LogP contribution in [0.1, 0.15) is 0 Å². The van der Waals surface area contributed by atoms with E-state index in [9.17, 15) is 0 Å². The summed E-state index contributed by atoms with van der Waals surface area (Å²) in [6, 6.07) is 10.9. The summed E-state index contributed by atoms with van der Waals surface area (Å²) >= 11 is 0. The van der Waals surface area contributed by atoms with Gasteiger partial charge in [0.2, 0.25) is 0 Å². The van der Waals surface area contributed by atoms with Crippen LogP contribution < -0.4 is 24.0 Å². The molecule has 0 aliphatic rings. The van der Waals surface area contributed by atoms with Crippen molar-refractivity contribution in [3.05, 3.63) is 30.3 Å². The molecule has 0 saturated heterocycles. The van der Waals surface area contributed by atoms with Crippen LogP contribution in [0.15, 0.2) is 24.3 Å². The van der Waals surface area contributed by atoms with Crippen molar-refractivity contribution in [1.29, 1.82) is 0 Å². The van der Waals surface area contributed by atoms with Crippen LogP contribution in [0.2, 0.25) is 0 Å². The van der Waals surface area contributed by atoms with Crippen molar-refractivity contribution in [2.45, 2.75) is 0 Å². The Morgan fingerprint density at radius 2 is 1.89 bits per heavy atom. The van der Waals surface area contributed by atoms with Gasteiger partial charge in [-0.3, -0.25) is 0 Å². The molecule has 37 valence electrons. The fourth-order valence-electron chi connectivity index (χ4n) is 0.470. The van der Waals surface area contributed by atoms with E-state index in [0.29, 0.717) is 8.61 Å². The second-order valence-electron chi connectivity index (χ2n) is 1.41. The zero-order valence-corrected chi connectivity index (χ0v) is 7.31. The molecule has 0 spiro atoms. The zero-order valence-electron chi connectivity index (χ0n) is 5.31. The molecule has 1 aromatic carbocycles. The van der Waals surface area contributed by atoms with Crippen LogP contribution in [0.3, 0.4) is 0 Å². The maximum Gasteiger partial charge on any atom is 1.00 e. The number of hydrogen-bond donors (Lipinski definition) is 0. The van der Waals surface area contributed by atoms with Crippen LogP contribution in [0.25, 0.3) is 0 Å². The summed E-state index contributed by atoms with van der Waals surface area (Å²) in [5.41, 5.74) is 0. The molecule has 3 radical (unpaired) electrons. The Labute approximate surface area is 72.4 Å². The van der Waals surface area contributed by atoms with E-state index in [1.54, 1.807) is 0 Å². The standard InChI is InChI=1S/C6H4Si2.Li/c7-8-6-4-2-1-3-5-6;/h2-5H;/q-1;+1. The van der Waals surface area contributed by atoms with Gasteiger partial charge < -0.3 is 0 Å². The fourth-order valence-corrected chi connectivity index (χ4v) is 1.30. The van der Waals surface area contributed by atoms with Crippen LogP contribution in [0, 0.1) is 6.07 Å². The maximum absolute atomic E-state index is 3.42. The number of benzene rings is 1. The van der Waals surface area contributed by atoms with E-state index in [-0.39, 0.29) is 18.9 Å². The molecule has 0 aliphatic carbocycles. The fraction of sp³-hybridized carbons (Fsp3) is 0. The summed E-state index contributed by atoms with van der Waals surface area (Å²) in [4.78, 5) is 0. The first-order valence-corrected chi connectivity index (χ1v) is 4.82. The summed E-state index contributed by atoms with van der Waals surface area (Å²) < 4.78 is 0. The van der Waals surface area contributed by atoms with Crippen molar-refractivity contribution >= 4 is 23.1 Å². The molecule has 0 fully saturated rings. The van der Waals surface area contributed by atoms with Crippen molar-refractivity contribution in [3.8, 4) is 0 Å². The second kappa shape index (κ2) is 5.07. The molecule has 3 heteroatoms. The van der Waals surface area contributed by atoms with Crippen LogP contribution in [-0.4, -0.2) is 17.9 Å². The van der Waals surface area contributed by atoms with Crippen molar-refractivity contribution < 1.29 is 18.9 Å². The van der Waals surface area contributed by atoms with Gasteiger partial charge in [0.1, 0.15) is 0 Å². The molecule has 0 nitrogen and oxygen atoms in total. The molecule has 0 atom stereocenters. The third-order valence-electron chi connectivity index (χ3n) is 0.863. The van der Waals surface area contributed by atoms with E-state index in [4.69, 9.17) is 0 Å². The van der Waals surface area contributed by atoms with Crippen LogP contribution >= 0.6 is 0 Å². The summed E-state index contributed by atoms with van der Waals surface area (Å²) in [7, 11) is 4.13. The quantitative estimate of drug-likeness (QED) is 0.286. The Bertz CT molecular complexity index is 174. The number of rotatable bonds is 1. The van der Waals surface area contributed by atoms with Gasteiger partial charge in [-0.05, 0) is 0 Å². The first-order valence-electron chi connectivity index (χ1n) is 2.32. The monoisotopic (exact) mass is 139 g/mol. The second-order valence-corrected chi connectivity index (χ2v) is 2.99. The van der Waals surface area contributed by atoms with Gasteiger partial charge in [0.25, 0.3) is 0 Å². The van der Waals surface area contributed by atoms with Crippen LogP contribution in [0.4, 0.5) is 0 Å². The van der Waals surface area contributed by atoms with Gasteiger partial charge >= 0.3 is 18.9 Å². The molecular weight excluding hydrogens is 135 g/mol. The molecule has 1 rings (SSSR count). The molecule has 9 heavy (non-hydrogen) atoms. The van der Waals surface area contributed by atoms with Crippen molar-refractivity contribution in [2.75, 3.05) is 0 Å². The van der Waals surface area contributed by atoms with Crippen molar-refractivity contribution in [2.24, 2.45) is 0 Å². The third-order valence-corrected chi connectivity index (χ3v) is 2.35. The van der Waals surface area contributed by atoms with Gasteiger partial charge in [-0.2, -0.15) is 35.5 Å². The van der Waals surface area contributed by atoms with Gasteiger partial charge in [-0.1, -0.05) is 0 Å². The molecule has 0 heterocycles. The topological polar surface area (TPSA) is 0 Å². The van der Waals surface area contributed by atoms with E-state index >= 15 is 0 Å². The first kappa shape index (κ1) is 9.25. The Morgan fingerprint density at radius 3 is 2.22 bits per heavy atom. The van der Waals surface area contributed by atoms with Gasteiger partial charge in [0.05, 0.1) is 0 Å². The average Bonchev–Trinajstić information content (AvgIpc) is 1.90. The minimum absolute atomic E-state index is 0. The Balaban J connectivity index is 0.000000640. The Kier molecular flexibility index (Phi) is 5.21. The predicted octanol–water partition coefficient (Wildman–Crippen LogP) is -3.10. The maximum atomic E-state index is 3.42. The zero-order chi connectivity index (χ0) is 5.82. The molecule has 0 bridgehead atoms. The van der Waals surface area contributed by atoms with Crippen molar-refractivity contribution in [3.63, 3.8) is 0 Å². The summed E-state index contributed by atoms with van der Waals surface area (Å²) in [6.45, 7) is 0. The molecular formula is C6H4LiSi2. The molecule has 0 aliphatic heterocycles. The van der Waals surface area contributed by atoms with Crippen LogP contribution in [0.5, 0.6) is 0 Å². The van der Waals surface area contributed by atoms with E-state index in [1.807, 2.05) is 24.3 Å². The van der Waals surface area contributed by atoms with E-state index < -0.39 is 0 Å². The van der Waals surface area contributed by atoms with E-state index in [1.165, 1.54) is 5.19 Å². The average molecular weight is 139 g/mol. The largest absolute Gasteiger partial charge is 1.00 e. The minimum atomic E-state index is 0. The van der Waals surface area contributed by atoms with Gasteiger partial charge in [0, 0.05) is 17.9 Å². The molecule has 0 unspecified atom stereocenters. The normalized spacial score (nSPS) is 7.56. The molecule has 0 amide bonds. The molecule has 1 aromatic rings. The summed E-state index contributed by atoms with van der Waals surface area (Å²) in [6.07, 6.45) is 0. The van der Waals surface area contributed by atoms with Crippen LogP contribution in [-0.2, 0) is 0 Å². The first-order chi connectivity index (χ1) is 3.93.